The van der Waals surface area contributed by atoms with Gasteiger partial charge in [-0.25, -0.2) is 0 Å². The SMILES string of the molecule is CCCCOc1ccc(NC(=O)c2ccccc2OCC(C)C)cc1. The first kappa shape index (κ1) is 18.8. The third-order valence-corrected chi connectivity index (χ3v) is 3.58. The van der Waals surface area contributed by atoms with E-state index in [1.807, 2.05) is 42.5 Å². The molecule has 1 amide bonds. The Morgan fingerprint density at radius 1 is 1.04 bits per heavy atom. The fraction of sp³-hybridized carbons (Fsp3) is 0.381. The lowest BCUT2D eigenvalue weighted by Gasteiger charge is -2.13. The minimum atomic E-state index is -0.181. The average Bonchev–Trinajstić information content (AvgIpc) is 2.62. The number of benzene rings is 2. The third-order valence-electron chi connectivity index (χ3n) is 3.58. The van der Waals surface area contributed by atoms with Crippen molar-refractivity contribution in [2.75, 3.05) is 18.5 Å². The van der Waals surface area contributed by atoms with E-state index in [0.717, 1.165) is 24.3 Å². The Hall–Kier alpha value is -2.49. The Kier molecular flexibility index (Phi) is 7.33. The first-order valence-electron chi connectivity index (χ1n) is 8.86. The van der Waals surface area contributed by atoms with Crippen LogP contribution in [0.25, 0.3) is 0 Å². The fourth-order valence-electron chi connectivity index (χ4n) is 2.20. The largest absolute Gasteiger partial charge is 0.494 e. The molecule has 0 bridgehead atoms. The molecular formula is C21H27NO3. The lowest BCUT2D eigenvalue weighted by atomic mass is 10.1. The Morgan fingerprint density at radius 2 is 1.76 bits per heavy atom. The molecule has 0 fully saturated rings. The zero-order chi connectivity index (χ0) is 18.1. The number of unbranched alkanes of at least 4 members (excludes halogenated alkanes) is 1. The standard InChI is InChI=1S/C21H27NO3/c1-4-5-14-24-18-12-10-17(11-13-18)22-21(23)19-8-6-7-9-20(19)25-15-16(2)3/h6-13,16H,4-5,14-15H2,1-3H3,(H,22,23). The van der Waals surface area contributed by atoms with E-state index in [9.17, 15) is 4.79 Å². The maximum absolute atomic E-state index is 12.6. The topological polar surface area (TPSA) is 47.6 Å². The highest BCUT2D eigenvalue weighted by atomic mass is 16.5. The molecule has 0 saturated carbocycles. The number of nitrogens with one attached hydrogen (secondary N) is 1. The molecule has 4 heteroatoms. The van der Waals surface area contributed by atoms with Gasteiger partial charge in [-0.3, -0.25) is 4.79 Å². The van der Waals surface area contributed by atoms with Gasteiger partial charge in [-0.1, -0.05) is 39.3 Å². The van der Waals surface area contributed by atoms with Gasteiger partial charge < -0.3 is 14.8 Å². The molecule has 25 heavy (non-hydrogen) atoms. The summed E-state index contributed by atoms with van der Waals surface area (Å²) in [4.78, 5) is 12.6. The minimum Gasteiger partial charge on any atom is -0.494 e. The van der Waals surface area contributed by atoms with Crippen LogP contribution in [0.1, 0.15) is 44.0 Å². The van der Waals surface area contributed by atoms with Crippen molar-refractivity contribution in [1.82, 2.24) is 0 Å². The van der Waals surface area contributed by atoms with Crippen molar-refractivity contribution in [1.29, 1.82) is 0 Å². The Labute approximate surface area is 150 Å². The van der Waals surface area contributed by atoms with Gasteiger partial charge in [-0.05, 0) is 48.7 Å². The minimum absolute atomic E-state index is 0.181. The molecule has 0 aliphatic carbocycles. The highest BCUT2D eigenvalue weighted by molar-refractivity contribution is 6.06. The Balaban J connectivity index is 1.99. The molecule has 0 aliphatic rings. The van der Waals surface area contributed by atoms with Crippen LogP contribution in [0.2, 0.25) is 0 Å². The molecule has 4 nitrogen and oxygen atoms in total. The lowest BCUT2D eigenvalue weighted by molar-refractivity contribution is 0.102. The van der Waals surface area contributed by atoms with E-state index in [4.69, 9.17) is 9.47 Å². The molecule has 0 spiro atoms. The number of amides is 1. The van der Waals surface area contributed by atoms with Crippen molar-refractivity contribution in [3.63, 3.8) is 0 Å². The molecule has 134 valence electrons. The second-order valence-electron chi connectivity index (χ2n) is 6.38. The van der Waals surface area contributed by atoms with Crippen LogP contribution in [0.5, 0.6) is 11.5 Å². The second-order valence-corrected chi connectivity index (χ2v) is 6.38. The van der Waals surface area contributed by atoms with E-state index in [1.165, 1.54) is 0 Å². The van der Waals surface area contributed by atoms with Crippen LogP contribution in [0.4, 0.5) is 5.69 Å². The first-order chi connectivity index (χ1) is 12.1. The van der Waals surface area contributed by atoms with Gasteiger partial charge in [0.2, 0.25) is 0 Å². The van der Waals surface area contributed by atoms with E-state index in [1.54, 1.807) is 6.07 Å². The van der Waals surface area contributed by atoms with Crippen LogP contribution in [0, 0.1) is 5.92 Å². The fourth-order valence-corrected chi connectivity index (χ4v) is 2.20. The predicted molar refractivity (Wildman–Crippen MR) is 102 cm³/mol. The van der Waals surface area contributed by atoms with Gasteiger partial charge in [0, 0.05) is 5.69 Å². The van der Waals surface area contributed by atoms with Gasteiger partial charge >= 0.3 is 0 Å². The van der Waals surface area contributed by atoms with Crippen molar-refractivity contribution in [2.45, 2.75) is 33.6 Å². The first-order valence-corrected chi connectivity index (χ1v) is 8.86. The van der Waals surface area contributed by atoms with Crippen molar-refractivity contribution in [3.05, 3.63) is 54.1 Å². The number of para-hydroxylation sites is 1. The highest BCUT2D eigenvalue weighted by Crippen LogP contribution is 2.21. The number of anilines is 1. The quantitative estimate of drug-likeness (QED) is 0.641. The van der Waals surface area contributed by atoms with E-state index in [-0.39, 0.29) is 5.91 Å². The van der Waals surface area contributed by atoms with Gasteiger partial charge in [0.05, 0.1) is 18.8 Å². The van der Waals surface area contributed by atoms with Crippen molar-refractivity contribution in [2.24, 2.45) is 5.92 Å². The Morgan fingerprint density at radius 3 is 2.44 bits per heavy atom. The zero-order valence-corrected chi connectivity index (χ0v) is 15.2. The Bertz CT molecular complexity index is 665. The lowest BCUT2D eigenvalue weighted by Crippen LogP contribution is -2.15. The van der Waals surface area contributed by atoms with Crippen molar-refractivity contribution in [3.8, 4) is 11.5 Å². The second kappa shape index (κ2) is 9.72. The van der Waals surface area contributed by atoms with Crippen LogP contribution in [-0.2, 0) is 0 Å². The molecule has 0 radical (unpaired) electrons. The molecule has 0 saturated heterocycles. The molecule has 0 atom stereocenters. The number of hydrogen-bond donors (Lipinski definition) is 1. The summed E-state index contributed by atoms with van der Waals surface area (Å²) in [5.41, 5.74) is 1.26. The van der Waals surface area contributed by atoms with Crippen LogP contribution < -0.4 is 14.8 Å². The number of carbonyl (C=O) groups excluding carboxylic acids is 1. The summed E-state index contributed by atoms with van der Waals surface area (Å²) in [6.45, 7) is 7.57. The van der Waals surface area contributed by atoms with E-state index in [2.05, 4.69) is 26.1 Å². The smallest absolute Gasteiger partial charge is 0.259 e. The molecule has 0 aliphatic heterocycles. The zero-order valence-electron chi connectivity index (χ0n) is 15.2. The average molecular weight is 341 g/mol. The number of rotatable bonds is 9. The summed E-state index contributed by atoms with van der Waals surface area (Å²) < 4.78 is 11.4. The molecular weight excluding hydrogens is 314 g/mol. The molecule has 0 heterocycles. The summed E-state index contributed by atoms with van der Waals surface area (Å²) in [6, 6.07) is 14.7. The molecule has 2 rings (SSSR count). The van der Waals surface area contributed by atoms with E-state index in [0.29, 0.717) is 30.4 Å². The van der Waals surface area contributed by atoms with Gasteiger partial charge in [-0.15, -0.1) is 0 Å². The summed E-state index contributed by atoms with van der Waals surface area (Å²) in [5.74, 6) is 1.63. The van der Waals surface area contributed by atoms with Gasteiger partial charge in [0.15, 0.2) is 0 Å². The van der Waals surface area contributed by atoms with Gasteiger partial charge in [0.25, 0.3) is 5.91 Å². The number of hydrogen-bond acceptors (Lipinski definition) is 3. The van der Waals surface area contributed by atoms with E-state index < -0.39 is 0 Å². The summed E-state index contributed by atoms with van der Waals surface area (Å²) in [5, 5.41) is 2.91. The van der Waals surface area contributed by atoms with Crippen molar-refractivity contribution < 1.29 is 14.3 Å². The monoisotopic (exact) mass is 341 g/mol. The molecule has 0 aromatic heterocycles. The number of ether oxygens (including phenoxy) is 2. The van der Waals surface area contributed by atoms with Crippen LogP contribution in [0.3, 0.4) is 0 Å². The molecule has 2 aromatic rings. The summed E-state index contributed by atoms with van der Waals surface area (Å²) in [7, 11) is 0. The maximum atomic E-state index is 12.6. The number of carbonyl (C=O) groups is 1. The molecule has 2 aromatic carbocycles. The van der Waals surface area contributed by atoms with Crippen LogP contribution in [-0.4, -0.2) is 19.1 Å². The third kappa shape index (κ3) is 6.14. The van der Waals surface area contributed by atoms with Crippen LogP contribution in [0.15, 0.2) is 48.5 Å². The predicted octanol–water partition coefficient (Wildman–Crippen LogP) is 5.15. The highest BCUT2D eigenvalue weighted by Gasteiger charge is 2.13. The summed E-state index contributed by atoms with van der Waals surface area (Å²) >= 11 is 0. The summed E-state index contributed by atoms with van der Waals surface area (Å²) in [6.07, 6.45) is 2.14. The molecule has 0 unspecified atom stereocenters. The maximum Gasteiger partial charge on any atom is 0.259 e. The van der Waals surface area contributed by atoms with E-state index >= 15 is 0 Å². The van der Waals surface area contributed by atoms with Crippen LogP contribution >= 0.6 is 0 Å². The normalized spacial score (nSPS) is 10.6. The van der Waals surface area contributed by atoms with Gasteiger partial charge in [-0.2, -0.15) is 0 Å². The van der Waals surface area contributed by atoms with Crippen molar-refractivity contribution >= 4 is 11.6 Å². The molecule has 1 N–H and O–H groups in total. The van der Waals surface area contributed by atoms with Gasteiger partial charge in [0.1, 0.15) is 11.5 Å².